The lowest BCUT2D eigenvalue weighted by Crippen LogP contribution is -2.09. The molecule has 0 radical (unpaired) electrons. The number of carbonyl (C=O) groups is 1. The molecule has 0 aromatic carbocycles. The predicted molar refractivity (Wildman–Crippen MR) is 43.3 cm³/mol. The smallest absolute Gasteiger partial charge is 0.333 e. The molecule has 0 saturated carbocycles. The number of rotatable bonds is 5. The number of ether oxygens (including phenoxy) is 2. The highest BCUT2D eigenvalue weighted by molar-refractivity contribution is 5.81. The second kappa shape index (κ2) is 6.42. The van der Waals surface area contributed by atoms with Gasteiger partial charge in [-0.05, 0) is 0 Å². The number of methoxy groups -OCH3 is 1. The molecular formula is C8H12O4. The van der Waals surface area contributed by atoms with E-state index in [0.29, 0.717) is 0 Å². The van der Waals surface area contributed by atoms with Crippen molar-refractivity contribution >= 4 is 5.97 Å². The summed E-state index contributed by atoms with van der Waals surface area (Å²) in [5.74, 6) is -0.497. The molecule has 0 rings (SSSR count). The Labute approximate surface area is 71.1 Å². The highest BCUT2D eigenvalue weighted by Crippen LogP contribution is 1.87. The zero-order valence-electron chi connectivity index (χ0n) is 6.90. The monoisotopic (exact) mass is 172 g/mol. The summed E-state index contributed by atoms with van der Waals surface area (Å²) in [5.41, 5.74) is 0. The van der Waals surface area contributed by atoms with Crippen LogP contribution in [0.1, 0.15) is 0 Å². The molecule has 0 aliphatic carbocycles. The fourth-order valence-corrected chi connectivity index (χ4v) is 0.394. The Hall–Kier alpha value is -1.29. The van der Waals surface area contributed by atoms with Crippen LogP contribution < -0.4 is 0 Å². The molecule has 4 heteroatoms. The fourth-order valence-electron chi connectivity index (χ4n) is 0.394. The number of carbonyl (C=O) groups excluding carboxylic acids is 1. The van der Waals surface area contributed by atoms with E-state index in [1.807, 2.05) is 0 Å². The van der Waals surface area contributed by atoms with Crippen molar-refractivity contribution < 1.29 is 19.4 Å². The summed E-state index contributed by atoms with van der Waals surface area (Å²) in [4.78, 5) is 10.5. The van der Waals surface area contributed by atoms with Crippen LogP contribution in [0.15, 0.2) is 25.0 Å². The Balaban J connectivity index is 3.48. The van der Waals surface area contributed by atoms with Gasteiger partial charge in [-0.25, -0.2) is 4.79 Å². The van der Waals surface area contributed by atoms with Crippen LogP contribution in [0.4, 0.5) is 0 Å². The number of hydrogen-bond acceptors (Lipinski definition) is 4. The first kappa shape index (κ1) is 10.7. The lowest BCUT2D eigenvalue weighted by atomic mass is 10.4. The van der Waals surface area contributed by atoms with Crippen LogP contribution >= 0.6 is 0 Å². The van der Waals surface area contributed by atoms with E-state index < -0.39 is 12.1 Å². The van der Waals surface area contributed by atoms with E-state index in [1.54, 1.807) is 0 Å². The third-order valence-corrected chi connectivity index (χ3v) is 1.04. The molecule has 0 saturated heterocycles. The van der Waals surface area contributed by atoms with E-state index >= 15 is 0 Å². The van der Waals surface area contributed by atoms with E-state index in [0.717, 1.165) is 6.08 Å². The molecule has 0 spiro atoms. The van der Waals surface area contributed by atoms with Crippen molar-refractivity contribution in [2.24, 2.45) is 0 Å². The first-order valence-corrected chi connectivity index (χ1v) is 3.37. The molecule has 1 N–H and O–H groups in total. The summed E-state index contributed by atoms with van der Waals surface area (Å²) in [7, 11) is 1.27. The molecule has 0 aliphatic rings. The van der Waals surface area contributed by atoms with Crippen molar-refractivity contribution in [1.82, 2.24) is 0 Å². The highest BCUT2D eigenvalue weighted by atomic mass is 16.5. The molecule has 0 heterocycles. The lowest BCUT2D eigenvalue weighted by molar-refractivity contribution is -0.135. The second-order valence-corrected chi connectivity index (χ2v) is 1.96. The minimum Gasteiger partial charge on any atom is -0.498 e. The maximum Gasteiger partial charge on any atom is 0.333 e. The van der Waals surface area contributed by atoms with E-state index in [2.05, 4.69) is 11.3 Å². The Morgan fingerprint density at radius 2 is 2.42 bits per heavy atom. The fraction of sp³-hybridized carbons (Fsp3) is 0.375. The number of aliphatic hydroxyl groups excluding tert-OH is 1. The summed E-state index contributed by atoms with van der Waals surface area (Å²) >= 11 is 0. The molecule has 0 aromatic heterocycles. The molecule has 0 aromatic rings. The van der Waals surface area contributed by atoms with Crippen LogP contribution in [-0.4, -0.2) is 30.9 Å². The van der Waals surface area contributed by atoms with Gasteiger partial charge in [-0.1, -0.05) is 6.08 Å². The summed E-state index contributed by atoms with van der Waals surface area (Å²) in [6.07, 6.45) is 2.91. The topological polar surface area (TPSA) is 55.8 Å². The Kier molecular flexibility index (Phi) is 5.73. The third kappa shape index (κ3) is 5.49. The molecule has 0 bridgehead atoms. The second-order valence-electron chi connectivity index (χ2n) is 1.96. The first-order chi connectivity index (χ1) is 5.70. The molecule has 68 valence electrons. The van der Waals surface area contributed by atoms with Crippen molar-refractivity contribution in [2.45, 2.75) is 6.10 Å². The minimum absolute atomic E-state index is 0.0804. The molecule has 0 unspecified atom stereocenters. The Morgan fingerprint density at radius 3 is 2.92 bits per heavy atom. The van der Waals surface area contributed by atoms with Crippen LogP contribution in [0.3, 0.4) is 0 Å². The molecule has 12 heavy (non-hydrogen) atoms. The van der Waals surface area contributed by atoms with Gasteiger partial charge in [0.05, 0.1) is 19.4 Å². The largest absolute Gasteiger partial charge is 0.498 e. The third-order valence-electron chi connectivity index (χ3n) is 1.04. The highest BCUT2D eigenvalue weighted by Gasteiger charge is 1.95. The van der Waals surface area contributed by atoms with Crippen LogP contribution in [0, 0.1) is 0 Å². The molecule has 0 amide bonds. The van der Waals surface area contributed by atoms with Crippen LogP contribution in [0.25, 0.3) is 0 Å². The van der Waals surface area contributed by atoms with Crippen molar-refractivity contribution in [3.8, 4) is 0 Å². The summed E-state index contributed by atoms with van der Waals surface area (Å²) in [6, 6.07) is 0. The molecular weight excluding hydrogens is 160 g/mol. The Morgan fingerprint density at radius 1 is 1.75 bits per heavy atom. The quantitative estimate of drug-likeness (QED) is 0.279. The van der Waals surface area contributed by atoms with Gasteiger partial charge in [-0.15, -0.1) is 6.58 Å². The van der Waals surface area contributed by atoms with E-state index in [1.165, 1.54) is 19.4 Å². The van der Waals surface area contributed by atoms with E-state index in [4.69, 9.17) is 9.84 Å². The lowest BCUT2D eigenvalue weighted by Gasteiger charge is -2.02. The van der Waals surface area contributed by atoms with Crippen molar-refractivity contribution in [3.63, 3.8) is 0 Å². The minimum atomic E-state index is -0.715. The van der Waals surface area contributed by atoms with Crippen molar-refractivity contribution in [3.05, 3.63) is 25.0 Å². The van der Waals surface area contributed by atoms with Gasteiger partial charge >= 0.3 is 5.97 Å². The molecule has 0 fully saturated rings. The van der Waals surface area contributed by atoms with Gasteiger partial charge in [-0.3, -0.25) is 0 Å². The predicted octanol–water partition coefficient (Wildman–Crippen LogP) is 0.237. The molecule has 4 nitrogen and oxygen atoms in total. The molecule has 0 aliphatic heterocycles. The normalized spacial score (nSPS) is 12.5. The average molecular weight is 172 g/mol. The van der Waals surface area contributed by atoms with Gasteiger partial charge < -0.3 is 14.6 Å². The summed E-state index contributed by atoms with van der Waals surface area (Å²) in [6.45, 7) is 3.43. The van der Waals surface area contributed by atoms with Crippen LogP contribution in [0.2, 0.25) is 0 Å². The van der Waals surface area contributed by atoms with Gasteiger partial charge in [-0.2, -0.15) is 0 Å². The van der Waals surface area contributed by atoms with Crippen LogP contribution in [0.5, 0.6) is 0 Å². The van der Waals surface area contributed by atoms with Crippen LogP contribution in [-0.2, 0) is 14.3 Å². The Bertz CT molecular complexity index is 174. The van der Waals surface area contributed by atoms with Gasteiger partial charge in [0, 0.05) is 0 Å². The summed E-state index contributed by atoms with van der Waals surface area (Å²) < 4.78 is 9.05. The number of aliphatic hydroxyl groups is 1. The zero-order valence-corrected chi connectivity index (χ0v) is 6.90. The van der Waals surface area contributed by atoms with Gasteiger partial charge in [0.2, 0.25) is 0 Å². The van der Waals surface area contributed by atoms with E-state index in [-0.39, 0.29) is 6.61 Å². The average Bonchev–Trinajstić information content (AvgIpc) is 2.11. The SMILES string of the molecule is C=C[C@@H](O)CO/C=C/C(=O)OC. The summed E-state index contributed by atoms with van der Waals surface area (Å²) in [5, 5.41) is 8.89. The standard InChI is InChI=1S/C8H12O4/c1-3-7(9)6-12-5-4-8(10)11-2/h3-5,7,9H,1,6H2,2H3/b5-4+/t7-/m1/s1. The zero-order chi connectivity index (χ0) is 9.40. The van der Waals surface area contributed by atoms with Gasteiger partial charge in [0.15, 0.2) is 0 Å². The van der Waals surface area contributed by atoms with Crippen molar-refractivity contribution in [2.75, 3.05) is 13.7 Å². The van der Waals surface area contributed by atoms with E-state index in [9.17, 15) is 4.79 Å². The maximum absolute atomic E-state index is 10.5. The van der Waals surface area contributed by atoms with Gasteiger partial charge in [0.1, 0.15) is 12.7 Å². The van der Waals surface area contributed by atoms with Gasteiger partial charge in [0.25, 0.3) is 0 Å². The molecule has 1 atom stereocenters. The number of hydrogen-bond donors (Lipinski definition) is 1. The van der Waals surface area contributed by atoms with Crippen molar-refractivity contribution in [1.29, 1.82) is 0 Å². The maximum atomic E-state index is 10.5. The number of esters is 1. The first-order valence-electron chi connectivity index (χ1n) is 3.37.